The third kappa shape index (κ3) is 4.66. The molecule has 1 fully saturated rings. The van der Waals surface area contributed by atoms with E-state index in [1.165, 1.54) is 21.9 Å². The third-order valence-electron chi connectivity index (χ3n) is 6.03. The van der Waals surface area contributed by atoms with E-state index in [0.717, 1.165) is 6.26 Å². The monoisotopic (exact) mass is 463 g/mol. The van der Waals surface area contributed by atoms with Gasteiger partial charge in [-0.25, -0.2) is 18.7 Å². The number of carbonyl (C=O) groups is 2. The van der Waals surface area contributed by atoms with E-state index < -0.39 is 32.7 Å². The molecule has 32 heavy (non-hydrogen) atoms. The van der Waals surface area contributed by atoms with Gasteiger partial charge in [-0.1, -0.05) is 11.8 Å². The molecule has 1 aliphatic carbocycles. The first-order valence-electron chi connectivity index (χ1n) is 9.98. The molecule has 172 valence electrons. The lowest BCUT2D eigenvalue weighted by Crippen LogP contribution is -2.50. The predicted molar refractivity (Wildman–Crippen MR) is 113 cm³/mol. The van der Waals surface area contributed by atoms with Gasteiger partial charge in [-0.05, 0) is 44.1 Å². The molecule has 2 aliphatic rings. The van der Waals surface area contributed by atoms with Crippen LogP contribution in [0.1, 0.15) is 37.4 Å². The highest BCUT2D eigenvalue weighted by molar-refractivity contribution is 7.92. The summed E-state index contributed by atoms with van der Waals surface area (Å²) in [5.41, 5.74) is 2.65. The minimum atomic E-state index is -3.85. The second-order valence-corrected chi connectivity index (χ2v) is 10.8. The minimum absolute atomic E-state index is 0.00306. The van der Waals surface area contributed by atoms with Crippen LogP contribution in [0.3, 0.4) is 0 Å². The van der Waals surface area contributed by atoms with Crippen molar-refractivity contribution in [1.29, 1.82) is 0 Å². The van der Waals surface area contributed by atoms with E-state index in [1.54, 1.807) is 12.3 Å². The average molecular weight is 464 g/mol. The Hall–Kier alpha value is -2.83. The van der Waals surface area contributed by atoms with Crippen LogP contribution in [0.2, 0.25) is 0 Å². The fourth-order valence-electron chi connectivity index (χ4n) is 3.75. The third-order valence-corrected chi connectivity index (χ3v) is 8.06. The van der Waals surface area contributed by atoms with Crippen LogP contribution in [0.5, 0.6) is 0 Å². The summed E-state index contributed by atoms with van der Waals surface area (Å²) in [5.74, 6) is 10.0. The molecule has 10 nitrogen and oxygen atoms in total. The van der Waals surface area contributed by atoms with Crippen LogP contribution >= 0.6 is 0 Å². The lowest BCUT2D eigenvalue weighted by atomic mass is 10.1. The zero-order valence-electron chi connectivity index (χ0n) is 17.7. The second-order valence-electron chi connectivity index (χ2n) is 8.31. The normalized spacial score (nSPS) is 24.1. The molecule has 0 bridgehead atoms. The fraction of sp³-hybridized carbons (Fsp3) is 0.524. The molecule has 0 saturated heterocycles. The number of hydrogen-bond acceptors (Lipinski definition) is 7. The first-order chi connectivity index (χ1) is 15.0. The highest BCUT2D eigenvalue weighted by Crippen LogP contribution is 2.26. The van der Waals surface area contributed by atoms with Crippen molar-refractivity contribution in [3.05, 3.63) is 23.5 Å². The number of rotatable bonds is 5. The molecule has 0 aromatic carbocycles. The molecule has 1 saturated carbocycles. The van der Waals surface area contributed by atoms with E-state index in [-0.39, 0.29) is 31.5 Å². The maximum absolute atomic E-state index is 12.6. The van der Waals surface area contributed by atoms with Gasteiger partial charge in [-0.2, -0.15) is 0 Å². The van der Waals surface area contributed by atoms with E-state index in [4.69, 9.17) is 5.21 Å². The number of aromatic nitrogens is 1. The molecule has 0 unspecified atom stereocenters. The molecule has 4 atom stereocenters. The molecule has 4 N–H and O–H groups in total. The van der Waals surface area contributed by atoms with Crippen LogP contribution in [0, 0.1) is 29.6 Å². The Morgan fingerprint density at radius 1 is 1.28 bits per heavy atom. The maximum Gasteiger partial charge on any atom is 0.328 e. The molecule has 0 radical (unpaired) electrons. The van der Waals surface area contributed by atoms with Crippen LogP contribution in [-0.2, 0) is 21.2 Å². The van der Waals surface area contributed by atoms with Gasteiger partial charge < -0.3 is 15.1 Å². The number of hydroxylamine groups is 1. The summed E-state index contributed by atoms with van der Waals surface area (Å²) < 4.78 is 23.7. The minimum Gasteiger partial charge on any atom is -0.390 e. The Balaban J connectivity index is 1.63. The Kier molecular flexibility index (Phi) is 6.67. The number of nitrogens with zero attached hydrogens (tertiary/aromatic N) is 2. The summed E-state index contributed by atoms with van der Waals surface area (Å²) in [5, 5.41) is 27.9. The Bertz CT molecular complexity index is 1140. The number of fused-ring (bicyclic) bond motifs is 1. The molecular formula is C21H25N3O7S. The van der Waals surface area contributed by atoms with Crippen molar-refractivity contribution >= 4 is 21.8 Å². The molecule has 3 rings (SSSR count). The lowest BCUT2D eigenvalue weighted by Gasteiger charge is -2.27. The van der Waals surface area contributed by atoms with Crippen LogP contribution in [0.25, 0.3) is 0 Å². The summed E-state index contributed by atoms with van der Waals surface area (Å²) in [6.45, 7) is 1.43. The van der Waals surface area contributed by atoms with E-state index in [9.17, 15) is 28.2 Å². The standard InChI is InChI=1S/C21H25N3O7S/c1-21(19(27)22-29,32(2,30)31)7-8-23-13-16-9-15(12-24(16)20(23)28)6-4-3-5-14-10-17(25)18(26)11-14/h9,12,14,17-18,25-26,29H,7-8,10-11,13H2,1-2H3,(H,22,27)/t14-,17+,18-,21-/m1/s1. The van der Waals surface area contributed by atoms with Gasteiger partial charge in [0.2, 0.25) is 0 Å². The number of amides is 2. The van der Waals surface area contributed by atoms with Crippen molar-refractivity contribution in [2.75, 3.05) is 12.8 Å². The van der Waals surface area contributed by atoms with Crippen molar-refractivity contribution in [3.8, 4) is 23.7 Å². The smallest absolute Gasteiger partial charge is 0.328 e. The zero-order valence-corrected chi connectivity index (χ0v) is 18.5. The van der Waals surface area contributed by atoms with Gasteiger partial charge in [0.1, 0.15) is 0 Å². The largest absolute Gasteiger partial charge is 0.390 e. The summed E-state index contributed by atoms with van der Waals surface area (Å²) in [4.78, 5) is 26.0. The van der Waals surface area contributed by atoms with Crippen molar-refractivity contribution in [1.82, 2.24) is 14.9 Å². The molecule has 11 heteroatoms. The summed E-state index contributed by atoms with van der Waals surface area (Å²) in [6, 6.07) is 1.36. The highest BCUT2D eigenvalue weighted by Gasteiger charge is 2.44. The van der Waals surface area contributed by atoms with E-state index in [1.807, 2.05) is 0 Å². The fourth-order valence-corrected chi connectivity index (χ4v) is 4.60. The molecule has 1 aliphatic heterocycles. The predicted octanol–water partition coefficient (Wildman–Crippen LogP) is -0.543. The number of aliphatic hydroxyl groups is 2. The molecular weight excluding hydrogens is 438 g/mol. The van der Waals surface area contributed by atoms with Crippen LogP contribution < -0.4 is 5.48 Å². The lowest BCUT2D eigenvalue weighted by molar-refractivity contribution is -0.131. The van der Waals surface area contributed by atoms with Gasteiger partial charge in [-0.3, -0.25) is 14.6 Å². The Labute approximate surface area is 186 Å². The van der Waals surface area contributed by atoms with Crippen molar-refractivity contribution in [3.63, 3.8) is 0 Å². The van der Waals surface area contributed by atoms with Crippen molar-refractivity contribution in [2.24, 2.45) is 5.92 Å². The maximum atomic E-state index is 12.6. The number of nitrogens with one attached hydrogen (secondary N) is 1. The SMILES string of the molecule is C[C@@](CCN1Cc2cc(C#CC#C[C@H]3C[C@@H](O)[C@@H](O)C3)cn2C1=O)(C(=O)NO)S(C)(=O)=O. The van der Waals surface area contributed by atoms with Crippen molar-refractivity contribution < 1.29 is 33.4 Å². The molecule has 2 heterocycles. The number of aliphatic hydroxyl groups excluding tert-OH is 2. The van der Waals surface area contributed by atoms with Gasteiger partial charge in [0, 0.05) is 36.2 Å². The molecule has 2 amide bonds. The Morgan fingerprint density at radius 2 is 1.94 bits per heavy atom. The van der Waals surface area contributed by atoms with Gasteiger partial charge in [0.25, 0.3) is 5.91 Å². The summed E-state index contributed by atoms with van der Waals surface area (Å²) in [6.07, 6.45) is 1.62. The quantitative estimate of drug-likeness (QED) is 0.260. The van der Waals surface area contributed by atoms with Crippen LogP contribution in [-0.4, -0.2) is 75.0 Å². The van der Waals surface area contributed by atoms with Gasteiger partial charge in [0.15, 0.2) is 14.6 Å². The first-order valence-corrected chi connectivity index (χ1v) is 11.9. The van der Waals surface area contributed by atoms with E-state index >= 15 is 0 Å². The first kappa shape index (κ1) is 23.8. The molecule has 1 aromatic rings. The number of hydrogen-bond donors (Lipinski definition) is 4. The number of carbonyl (C=O) groups excluding carboxylic acids is 2. The van der Waals surface area contributed by atoms with Crippen LogP contribution in [0.4, 0.5) is 4.79 Å². The topological polar surface area (TPSA) is 149 Å². The van der Waals surface area contributed by atoms with E-state index in [0.29, 0.717) is 24.1 Å². The zero-order chi connectivity index (χ0) is 23.7. The molecule has 1 aromatic heterocycles. The average Bonchev–Trinajstić information content (AvgIpc) is 3.36. The van der Waals surface area contributed by atoms with Gasteiger partial charge in [0.05, 0.1) is 18.8 Å². The van der Waals surface area contributed by atoms with Crippen molar-refractivity contribution in [2.45, 2.75) is 49.7 Å². The highest BCUT2D eigenvalue weighted by atomic mass is 32.2. The van der Waals surface area contributed by atoms with E-state index in [2.05, 4.69) is 23.7 Å². The van der Waals surface area contributed by atoms with Gasteiger partial charge >= 0.3 is 6.03 Å². The van der Waals surface area contributed by atoms with Gasteiger partial charge in [-0.15, -0.1) is 0 Å². The van der Waals surface area contributed by atoms with Crippen LogP contribution in [0.15, 0.2) is 12.3 Å². The summed E-state index contributed by atoms with van der Waals surface area (Å²) in [7, 11) is -3.85. The number of sulfone groups is 1. The second kappa shape index (κ2) is 8.96. The Morgan fingerprint density at radius 3 is 2.50 bits per heavy atom. The molecule has 0 spiro atoms. The summed E-state index contributed by atoms with van der Waals surface area (Å²) >= 11 is 0.